The first-order chi connectivity index (χ1) is 11.0. The molecule has 1 amide bonds. The van der Waals surface area contributed by atoms with Crippen molar-refractivity contribution in [3.63, 3.8) is 0 Å². The van der Waals surface area contributed by atoms with Crippen molar-refractivity contribution in [2.24, 2.45) is 5.73 Å². The fourth-order valence-electron chi connectivity index (χ4n) is 2.97. The Morgan fingerprint density at radius 3 is 2.52 bits per heavy atom. The van der Waals surface area contributed by atoms with Crippen LogP contribution in [0.25, 0.3) is 11.1 Å². The number of phenols is 1. The van der Waals surface area contributed by atoms with E-state index in [0.29, 0.717) is 11.1 Å². The molecule has 2 atom stereocenters. The van der Waals surface area contributed by atoms with Crippen molar-refractivity contribution in [1.82, 2.24) is 5.32 Å². The van der Waals surface area contributed by atoms with Crippen LogP contribution in [0.15, 0.2) is 42.5 Å². The number of carbonyl (C=O) groups is 1. The van der Waals surface area contributed by atoms with Crippen molar-refractivity contribution in [2.45, 2.75) is 31.3 Å². The molecule has 120 valence electrons. The number of hydrogen-bond acceptors (Lipinski definition) is 3. The van der Waals surface area contributed by atoms with Crippen LogP contribution in [0, 0.1) is 5.82 Å². The van der Waals surface area contributed by atoms with E-state index in [4.69, 9.17) is 5.73 Å². The number of rotatable bonds is 3. The summed E-state index contributed by atoms with van der Waals surface area (Å²) in [6.45, 7) is 0. The van der Waals surface area contributed by atoms with Gasteiger partial charge >= 0.3 is 0 Å². The van der Waals surface area contributed by atoms with Crippen molar-refractivity contribution in [3.8, 4) is 16.9 Å². The van der Waals surface area contributed by atoms with Gasteiger partial charge in [-0.1, -0.05) is 12.1 Å². The Morgan fingerprint density at radius 1 is 1.17 bits per heavy atom. The van der Waals surface area contributed by atoms with Crippen LogP contribution < -0.4 is 11.1 Å². The minimum atomic E-state index is -0.489. The van der Waals surface area contributed by atoms with Gasteiger partial charge in [-0.25, -0.2) is 4.39 Å². The maximum Gasteiger partial charge on any atom is 0.251 e. The Morgan fingerprint density at radius 2 is 1.91 bits per heavy atom. The lowest BCUT2D eigenvalue weighted by Gasteiger charge is -2.13. The summed E-state index contributed by atoms with van der Waals surface area (Å²) in [6, 6.07) is 11.1. The molecule has 0 heterocycles. The molecule has 0 aliphatic heterocycles. The third-order valence-corrected chi connectivity index (χ3v) is 4.23. The Balaban J connectivity index is 1.72. The summed E-state index contributed by atoms with van der Waals surface area (Å²) in [4.78, 5) is 12.2. The highest BCUT2D eigenvalue weighted by Gasteiger charge is 2.23. The van der Waals surface area contributed by atoms with Gasteiger partial charge < -0.3 is 16.2 Å². The van der Waals surface area contributed by atoms with Crippen molar-refractivity contribution < 1.29 is 14.3 Å². The molecule has 2 aromatic carbocycles. The number of phenolic OH excluding ortho intramolecular Hbond substituents is 1. The molecule has 1 aliphatic rings. The standard InChI is InChI=1S/C18H19FN2O2/c19-13-5-8-16(17(22)9-13)11-1-3-12(4-2-11)18(23)21-15-7-6-14(20)10-15/h1-5,8-9,14-15,22H,6-7,10,20H2,(H,21,23)/t14-,15+/m1/s1. The molecule has 0 unspecified atom stereocenters. The number of carbonyl (C=O) groups excluding carboxylic acids is 1. The summed E-state index contributed by atoms with van der Waals surface area (Å²) in [5.41, 5.74) is 7.65. The molecule has 0 spiro atoms. The Labute approximate surface area is 134 Å². The largest absolute Gasteiger partial charge is 0.507 e. The minimum absolute atomic E-state index is 0.123. The van der Waals surface area contributed by atoms with E-state index in [-0.39, 0.29) is 23.7 Å². The van der Waals surface area contributed by atoms with Gasteiger partial charge in [-0.05, 0) is 49.1 Å². The maximum absolute atomic E-state index is 13.0. The molecule has 4 N–H and O–H groups in total. The lowest BCUT2D eigenvalue weighted by atomic mass is 10.0. The lowest BCUT2D eigenvalue weighted by Crippen LogP contribution is -2.33. The van der Waals surface area contributed by atoms with Gasteiger partial charge in [0.25, 0.3) is 5.91 Å². The highest BCUT2D eigenvalue weighted by atomic mass is 19.1. The molecule has 0 radical (unpaired) electrons. The SMILES string of the molecule is N[C@@H]1CC[C@H](NC(=O)c2ccc(-c3ccc(F)cc3O)cc2)C1. The fourth-order valence-corrected chi connectivity index (χ4v) is 2.97. The smallest absolute Gasteiger partial charge is 0.251 e. The first-order valence-corrected chi connectivity index (χ1v) is 7.68. The summed E-state index contributed by atoms with van der Waals surface area (Å²) < 4.78 is 13.0. The average Bonchev–Trinajstić information content (AvgIpc) is 2.92. The van der Waals surface area contributed by atoms with Crippen LogP contribution >= 0.6 is 0 Å². The van der Waals surface area contributed by atoms with E-state index in [2.05, 4.69) is 5.32 Å². The Bertz CT molecular complexity index is 715. The van der Waals surface area contributed by atoms with Gasteiger partial charge in [0.05, 0.1) is 0 Å². The monoisotopic (exact) mass is 314 g/mol. The van der Waals surface area contributed by atoms with Crippen LogP contribution in [0.5, 0.6) is 5.75 Å². The second kappa shape index (κ2) is 6.38. The van der Waals surface area contributed by atoms with Gasteiger partial charge in [0, 0.05) is 29.3 Å². The molecular formula is C18H19FN2O2. The van der Waals surface area contributed by atoms with Gasteiger partial charge in [0.1, 0.15) is 11.6 Å². The quantitative estimate of drug-likeness (QED) is 0.815. The molecule has 0 bridgehead atoms. The van der Waals surface area contributed by atoms with Crippen LogP contribution in [0.3, 0.4) is 0 Å². The number of nitrogens with two attached hydrogens (primary N) is 1. The van der Waals surface area contributed by atoms with Gasteiger partial charge in [-0.15, -0.1) is 0 Å². The average molecular weight is 314 g/mol. The van der Waals surface area contributed by atoms with E-state index in [1.54, 1.807) is 24.3 Å². The number of aromatic hydroxyl groups is 1. The number of benzene rings is 2. The van der Waals surface area contributed by atoms with E-state index in [1.807, 2.05) is 0 Å². The fraction of sp³-hybridized carbons (Fsp3) is 0.278. The maximum atomic E-state index is 13.0. The van der Waals surface area contributed by atoms with Gasteiger partial charge in [0.15, 0.2) is 0 Å². The highest BCUT2D eigenvalue weighted by molar-refractivity contribution is 5.95. The summed E-state index contributed by atoms with van der Waals surface area (Å²) in [5.74, 6) is -0.738. The van der Waals surface area contributed by atoms with Crippen LogP contribution in [0.2, 0.25) is 0 Å². The van der Waals surface area contributed by atoms with Crippen LogP contribution in [0.4, 0.5) is 4.39 Å². The molecule has 2 aromatic rings. The normalized spacial score (nSPS) is 20.4. The van der Waals surface area contributed by atoms with Crippen LogP contribution in [-0.2, 0) is 0 Å². The summed E-state index contributed by atoms with van der Waals surface area (Å²) in [6.07, 6.45) is 2.66. The molecule has 3 rings (SSSR count). The molecule has 4 nitrogen and oxygen atoms in total. The summed E-state index contributed by atoms with van der Waals surface area (Å²) in [7, 11) is 0. The lowest BCUT2D eigenvalue weighted by molar-refractivity contribution is 0.0937. The van der Waals surface area contributed by atoms with Crippen molar-refractivity contribution >= 4 is 5.91 Å². The summed E-state index contributed by atoms with van der Waals surface area (Å²) >= 11 is 0. The molecule has 0 saturated heterocycles. The first-order valence-electron chi connectivity index (χ1n) is 7.68. The molecule has 1 saturated carbocycles. The predicted molar refractivity (Wildman–Crippen MR) is 86.6 cm³/mol. The minimum Gasteiger partial charge on any atom is -0.507 e. The summed E-state index contributed by atoms with van der Waals surface area (Å²) in [5, 5.41) is 12.8. The second-order valence-corrected chi connectivity index (χ2v) is 5.98. The molecule has 23 heavy (non-hydrogen) atoms. The van der Waals surface area contributed by atoms with E-state index in [0.717, 1.165) is 30.9 Å². The van der Waals surface area contributed by atoms with Crippen LogP contribution in [-0.4, -0.2) is 23.1 Å². The zero-order chi connectivity index (χ0) is 16.4. The zero-order valence-corrected chi connectivity index (χ0v) is 12.6. The van der Waals surface area contributed by atoms with Crippen molar-refractivity contribution in [2.75, 3.05) is 0 Å². The highest BCUT2D eigenvalue weighted by Crippen LogP contribution is 2.29. The first kappa shape index (κ1) is 15.5. The van der Waals surface area contributed by atoms with Crippen LogP contribution in [0.1, 0.15) is 29.6 Å². The Hall–Kier alpha value is -2.40. The second-order valence-electron chi connectivity index (χ2n) is 5.98. The third kappa shape index (κ3) is 3.51. The van der Waals surface area contributed by atoms with Gasteiger partial charge in [-0.2, -0.15) is 0 Å². The van der Waals surface area contributed by atoms with E-state index in [9.17, 15) is 14.3 Å². The van der Waals surface area contributed by atoms with E-state index in [1.165, 1.54) is 12.1 Å². The van der Waals surface area contributed by atoms with Crippen molar-refractivity contribution in [3.05, 3.63) is 53.8 Å². The predicted octanol–water partition coefficient (Wildman–Crippen LogP) is 2.81. The zero-order valence-electron chi connectivity index (χ0n) is 12.6. The number of amides is 1. The topological polar surface area (TPSA) is 75.3 Å². The van der Waals surface area contributed by atoms with Gasteiger partial charge in [-0.3, -0.25) is 4.79 Å². The third-order valence-electron chi connectivity index (χ3n) is 4.23. The van der Waals surface area contributed by atoms with Crippen molar-refractivity contribution in [1.29, 1.82) is 0 Å². The number of nitrogens with one attached hydrogen (secondary N) is 1. The Kier molecular flexibility index (Phi) is 4.30. The molecular weight excluding hydrogens is 295 g/mol. The van der Waals surface area contributed by atoms with Gasteiger partial charge in [0.2, 0.25) is 0 Å². The van der Waals surface area contributed by atoms with E-state index < -0.39 is 5.82 Å². The molecule has 5 heteroatoms. The van der Waals surface area contributed by atoms with E-state index >= 15 is 0 Å². The molecule has 1 fully saturated rings. The number of hydrogen-bond donors (Lipinski definition) is 3. The number of halogens is 1. The molecule has 1 aliphatic carbocycles. The molecule has 0 aromatic heterocycles.